The van der Waals surface area contributed by atoms with Crippen LogP contribution in [0.3, 0.4) is 0 Å². The van der Waals surface area contributed by atoms with Crippen LogP contribution in [0.15, 0.2) is 35.9 Å². The lowest BCUT2D eigenvalue weighted by Gasteiger charge is -1.97. The fourth-order valence-electron chi connectivity index (χ4n) is 1.15. The molecule has 0 unspecified atom stereocenters. The summed E-state index contributed by atoms with van der Waals surface area (Å²) >= 11 is 0. The number of hydrogen-bond acceptors (Lipinski definition) is 3. The molecule has 0 spiro atoms. The number of phenolic OH excluding ortho intramolecular Hbond substituents is 2. The largest absolute Gasteiger partial charge is 0.504 e. The van der Waals surface area contributed by atoms with Crippen molar-refractivity contribution < 1.29 is 10.2 Å². The van der Waals surface area contributed by atoms with E-state index < -0.39 is 0 Å². The van der Waals surface area contributed by atoms with Gasteiger partial charge in [-0.25, -0.2) is 0 Å². The van der Waals surface area contributed by atoms with E-state index in [0.717, 1.165) is 5.56 Å². The molecule has 2 N–H and O–H groups in total. The summed E-state index contributed by atoms with van der Waals surface area (Å²) in [6, 6.07) is 6.63. The summed E-state index contributed by atoms with van der Waals surface area (Å²) in [7, 11) is 0. The molecule has 3 nitrogen and oxygen atoms in total. The lowest BCUT2D eigenvalue weighted by Crippen LogP contribution is -1.74. The number of hydrogen-bond donors (Lipinski definition) is 2. The molecular formula is C13H13NO2. The first kappa shape index (κ1) is 11.9. The van der Waals surface area contributed by atoms with Gasteiger partial charge in [0.15, 0.2) is 11.5 Å². The quantitative estimate of drug-likeness (QED) is 0.463. The second-order valence-electron chi connectivity index (χ2n) is 3.26. The molecule has 0 aliphatic heterocycles. The van der Waals surface area contributed by atoms with Crippen molar-refractivity contribution in [3.05, 3.63) is 41.5 Å². The minimum atomic E-state index is -0.151. The molecule has 0 bridgehead atoms. The van der Waals surface area contributed by atoms with Gasteiger partial charge in [0, 0.05) is 5.57 Å². The second kappa shape index (κ2) is 5.62. The van der Waals surface area contributed by atoms with Crippen LogP contribution in [0.5, 0.6) is 11.5 Å². The van der Waals surface area contributed by atoms with E-state index in [4.69, 9.17) is 10.4 Å². The molecule has 0 amide bonds. The minimum absolute atomic E-state index is 0.140. The first-order valence-corrected chi connectivity index (χ1v) is 4.96. The van der Waals surface area contributed by atoms with E-state index in [9.17, 15) is 5.11 Å². The SMILES string of the molecule is CC/C(C#N)=C/C=C/c1ccc(O)c(O)c1. The van der Waals surface area contributed by atoms with Crippen molar-refractivity contribution in [2.45, 2.75) is 13.3 Å². The van der Waals surface area contributed by atoms with Gasteiger partial charge in [0.1, 0.15) is 0 Å². The van der Waals surface area contributed by atoms with Crippen molar-refractivity contribution in [1.82, 2.24) is 0 Å². The first-order valence-electron chi connectivity index (χ1n) is 4.96. The van der Waals surface area contributed by atoms with Gasteiger partial charge in [0.2, 0.25) is 0 Å². The average molecular weight is 215 g/mol. The Morgan fingerprint density at radius 2 is 2.12 bits per heavy atom. The van der Waals surface area contributed by atoms with Crippen molar-refractivity contribution in [3.63, 3.8) is 0 Å². The maximum Gasteiger partial charge on any atom is 0.157 e. The lowest BCUT2D eigenvalue weighted by molar-refractivity contribution is 0.403. The van der Waals surface area contributed by atoms with Crippen LogP contribution >= 0.6 is 0 Å². The highest BCUT2D eigenvalue weighted by atomic mass is 16.3. The van der Waals surface area contributed by atoms with E-state index in [1.165, 1.54) is 12.1 Å². The molecule has 0 aliphatic rings. The van der Waals surface area contributed by atoms with Gasteiger partial charge in [-0.1, -0.05) is 25.1 Å². The molecule has 1 aromatic carbocycles. The van der Waals surface area contributed by atoms with Gasteiger partial charge in [0.05, 0.1) is 6.07 Å². The molecule has 0 aliphatic carbocycles. The Hall–Kier alpha value is -2.21. The number of allylic oxidation sites excluding steroid dienone is 3. The Balaban J connectivity index is 2.82. The molecule has 1 rings (SSSR count). The summed E-state index contributed by atoms with van der Waals surface area (Å²) in [5.74, 6) is -0.291. The predicted molar refractivity (Wildman–Crippen MR) is 62.8 cm³/mol. The zero-order valence-electron chi connectivity index (χ0n) is 9.01. The lowest BCUT2D eigenvalue weighted by atomic mass is 10.1. The first-order chi connectivity index (χ1) is 7.67. The van der Waals surface area contributed by atoms with Gasteiger partial charge in [-0.3, -0.25) is 0 Å². The van der Waals surface area contributed by atoms with Gasteiger partial charge in [0.25, 0.3) is 0 Å². The molecule has 0 aromatic heterocycles. The third-order valence-corrected chi connectivity index (χ3v) is 2.11. The Morgan fingerprint density at radius 1 is 1.38 bits per heavy atom. The summed E-state index contributed by atoms with van der Waals surface area (Å²) in [6.07, 6.45) is 5.92. The summed E-state index contributed by atoms with van der Waals surface area (Å²) in [5, 5.41) is 27.0. The zero-order valence-corrected chi connectivity index (χ0v) is 9.01. The summed E-state index contributed by atoms with van der Waals surface area (Å²) in [4.78, 5) is 0. The second-order valence-corrected chi connectivity index (χ2v) is 3.26. The van der Waals surface area contributed by atoms with Crippen LogP contribution in [0.4, 0.5) is 0 Å². The topological polar surface area (TPSA) is 64.2 Å². The highest BCUT2D eigenvalue weighted by Gasteiger charge is 1.97. The maximum absolute atomic E-state index is 9.25. The van der Waals surface area contributed by atoms with Crippen LogP contribution in [0.25, 0.3) is 6.08 Å². The van der Waals surface area contributed by atoms with Crippen molar-refractivity contribution >= 4 is 6.08 Å². The minimum Gasteiger partial charge on any atom is -0.504 e. The highest BCUT2D eigenvalue weighted by Crippen LogP contribution is 2.25. The van der Waals surface area contributed by atoms with Gasteiger partial charge in [-0.2, -0.15) is 5.26 Å². The van der Waals surface area contributed by atoms with Crippen LogP contribution in [0, 0.1) is 11.3 Å². The molecule has 0 saturated heterocycles. The van der Waals surface area contributed by atoms with Crippen molar-refractivity contribution in [2.75, 3.05) is 0 Å². The Kier molecular flexibility index (Phi) is 4.16. The zero-order chi connectivity index (χ0) is 12.0. The van der Waals surface area contributed by atoms with Crippen molar-refractivity contribution in [1.29, 1.82) is 5.26 Å². The summed E-state index contributed by atoms with van der Waals surface area (Å²) < 4.78 is 0. The van der Waals surface area contributed by atoms with Gasteiger partial charge in [-0.05, 0) is 30.2 Å². The molecule has 82 valence electrons. The molecule has 0 heterocycles. The molecule has 1 aromatic rings. The van der Waals surface area contributed by atoms with Crippen molar-refractivity contribution in [3.8, 4) is 17.6 Å². The number of nitriles is 1. The maximum atomic E-state index is 9.25. The highest BCUT2D eigenvalue weighted by molar-refractivity contribution is 5.56. The molecule has 16 heavy (non-hydrogen) atoms. The molecule has 0 radical (unpaired) electrons. The summed E-state index contributed by atoms with van der Waals surface area (Å²) in [6.45, 7) is 1.91. The van der Waals surface area contributed by atoms with Gasteiger partial charge < -0.3 is 10.2 Å². The van der Waals surface area contributed by atoms with Gasteiger partial charge >= 0.3 is 0 Å². The standard InChI is InChI=1S/C13H13NO2/c1-2-10(9-14)4-3-5-11-6-7-12(15)13(16)8-11/h3-8,15-16H,2H2,1H3/b5-3+,10-4-. The van der Waals surface area contributed by atoms with Crippen LogP contribution < -0.4 is 0 Å². The van der Waals surface area contributed by atoms with E-state index >= 15 is 0 Å². The number of aromatic hydroxyl groups is 2. The Bertz CT molecular complexity index is 467. The van der Waals surface area contributed by atoms with E-state index in [1.54, 1.807) is 24.3 Å². The third kappa shape index (κ3) is 3.18. The molecule has 3 heteroatoms. The van der Waals surface area contributed by atoms with Gasteiger partial charge in [-0.15, -0.1) is 0 Å². The molecule has 0 fully saturated rings. The van der Waals surface area contributed by atoms with Crippen molar-refractivity contribution in [2.24, 2.45) is 0 Å². The molecule has 0 atom stereocenters. The number of benzene rings is 1. The summed E-state index contributed by atoms with van der Waals surface area (Å²) in [5.41, 5.74) is 1.46. The van der Waals surface area contributed by atoms with Crippen LogP contribution in [-0.4, -0.2) is 10.2 Å². The van der Waals surface area contributed by atoms with Crippen LogP contribution in [-0.2, 0) is 0 Å². The van der Waals surface area contributed by atoms with E-state index in [1.807, 2.05) is 6.92 Å². The van der Waals surface area contributed by atoms with E-state index in [-0.39, 0.29) is 11.5 Å². The molecule has 0 saturated carbocycles. The Labute approximate surface area is 94.6 Å². The number of rotatable bonds is 3. The normalized spacial score (nSPS) is 11.6. The van der Waals surface area contributed by atoms with E-state index in [0.29, 0.717) is 12.0 Å². The monoisotopic (exact) mass is 215 g/mol. The van der Waals surface area contributed by atoms with E-state index in [2.05, 4.69) is 6.07 Å². The average Bonchev–Trinajstić information content (AvgIpc) is 2.29. The fourth-order valence-corrected chi connectivity index (χ4v) is 1.15. The fraction of sp³-hybridized carbons (Fsp3) is 0.154. The number of nitrogens with zero attached hydrogens (tertiary/aromatic N) is 1. The van der Waals surface area contributed by atoms with Crippen LogP contribution in [0.1, 0.15) is 18.9 Å². The molecular weight excluding hydrogens is 202 g/mol. The number of phenols is 2. The third-order valence-electron chi connectivity index (χ3n) is 2.11. The smallest absolute Gasteiger partial charge is 0.157 e. The predicted octanol–water partition coefficient (Wildman–Crippen LogP) is 2.97. The van der Waals surface area contributed by atoms with Crippen LogP contribution in [0.2, 0.25) is 0 Å². The Morgan fingerprint density at radius 3 is 2.69 bits per heavy atom.